The number of nitrogens with zero attached hydrogens (tertiary/aromatic N) is 3. The number of rotatable bonds is 4. The number of fused-ring (bicyclic) bond motifs is 2. The van der Waals surface area contributed by atoms with E-state index in [4.69, 9.17) is 11.6 Å². The molecule has 1 aliphatic carbocycles. The monoisotopic (exact) mass is 353 g/mol. The van der Waals surface area contributed by atoms with E-state index in [0.717, 1.165) is 30.9 Å². The van der Waals surface area contributed by atoms with Gasteiger partial charge in [-0.2, -0.15) is 5.10 Å². The minimum atomic E-state index is 0.367. The van der Waals surface area contributed by atoms with Crippen molar-refractivity contribution >= 4 is 29.3 Å². The summed E-state index contributed by atoms with van der Waals surface area (Å²) in [5.41, 5.74) is 0. The largest absolute Gasteiger partial charge is 0.336 e. The summed E-state index contributed by atoms with van der Waals surface area (Å²) in [5, 5.41) is 5.79. The summed E-state index contributed by atoms with van der Waals surface area (Å²) >= 11 is 7.89. The highest BCUT2D eigenvalue weighted by molar-refractivity contribution is 8.00. The first-order valence-electron chi connectivity index (χ1n) is 8.83. The molecule has 2 saturated heterocycles. The molecule has 3 aliphatic rings. The van der Waals surface area contributed by atoms with Crippen LogP contribution in [-0.4, -0.2) is 43.7 Å². The van der Waals surface area contributed by atoms with Gasteiger partial charge in [0.1, 0.15) is 0 Å². The molecule has 2 aliphatic heterocycles. The molecule has 2 atom stereocenters. The highest BCUT2D eigenvalue weighted by atomic mass is 35.5. The van der Waals surface area contributed by atoms with Crippen LogP contribution in [0.25, 0.3) is 0 Å². The molecule has 126 valence electrons. The molecule has 1 amide bonds. The van der Waals surface area contributed by atoms with Crippen LogP contribution in [0.3, 0.4) is 0 Å². The first-order chi connectivity index (χ1) is 11.2. The van der Waals surface area contributed by atoms with Crippen LogP contribution < -0.4 is 0 Å². The Labute approximate surface area is 146 Å². The second kappa shape index (κ2) is 6.67. The molecule has 23 heavy (non-hydrogen) atoms. The van der Waals surface area contributed by atoms with Crippen molar-refractivity contribution in [2.75, 3.05) is 5.75 Å². The molecule has 0 radical (unpaired) electrons. The third-order valence-electron chi connectivity index (χ3n) is 5.69. The Bertz CT molecular complexity index is 558. The summed E-state index contributed by atoms with van der Waals surface area (Å²) in [7, 11) is 0. The Morgan fingerprint density at radius 3 is 2.48 bits per heavy atom. The molecule has 3 heterocycles. The standard InChI is InChI=1S/C17H24ClN3OS/c18-12-9-19-20(10-12)15-7-13-5-6-14(8-15)21(13)17(22)11-23-16-3-1-2-4-16/h9-10,13-16H,1-8,11H2. The lowest BCUT2D eigenvalue weighted by Gasteiger charge is -2.39. The van der Waals surface area contributed by atoms with Crippen LogP contribution in [0.2, 0.25) is 5.02 Å². The Hall–Kier alpha value is -0.680. The number of hydrogen-bond donors (Lipinski definition) is 0. The van der Waals surface area contributed by atoms with Crippen molar-refractivity contribution < 1.29 is 4.79 Å². The van der Waals surface area contributed by atoms with Crippen LogP contribution in [0.5, 0.6) is 0 Å². The zero-order valence-electron chi connectivity index (χ0n) is 13.4. The van der Waals surface area contributed by atoms with Gasteiger partial charge in [0.25, 0.3) is 0 Å². The number of aromatic nitrogens is 2. The Kier molecular flexibility index (Phi) is 4.59. The van der Waals surface area contributed by atoms with Crippen LogP contribution >= 0.6 is 23.4 Å². The van der Waals surface area contributed by atoms with Gasteiger partial charge in [-0.25, -0.2) is 0 Å². The van der Waals surface area contributed by atoms with Crippen molar-refractivity contribution in [3.8, 4) is 0 Å². The predicted octanol–water partition coefficient (Wildman–Crippen LogP) is 3.91. The molecule has 4 rings (SSSR count). The topological polar surface area (TPSA) is 38.1 Å². The van der Waals surface area contributed by atoms with Crippen LogP contribution in [0.1, 0.15) is 57.4 Å². The van der Waals surface area contributed by atoms with E-state index in [1.54, 1.807) is 6.20 Å². The molecule has 1 saturated carbocycles. The highest BCUT2D eigenvalue weighted by Crippen LogP contribution is 2.41. The van der Waals surface area contributed by atoms with Crippen LogP contribution in [0.4, 0.5) is 0 Å². The lowest BCUT2D eigenvalue weighted by molar-refractivity contribution is -0.133. The molecule has 2 unspecified atom stereocenters. The van der Waals surface area contributed by atoms with Crippen LogP contribution in [-0.2, 0) is 4.79 Å². The van der Waals surface area contributed by atoms with E-state index in [2.05, 4.69) is 10.00 Å². The smallest absolute Gasteiger partial charge is 0.233 e. The summed E-state index contributed by atoms with van der Waals surface area (Å²) in [4.78, 5) is 14.9. The minimum Gasteiger partial charge on any atom is -0.336 e. The van der Waals surface area contributed by atoms with Crippen molar-refractivity contribution in [1.29, 1.82) is 0 Å². The van der Waals surface area contributed by atoms with Crippen molar-refractivity contribution in [3.05, 3.63) is 17.4 Å². The first-order valence-corrected chi connectivity index (χ1v) is 10.3. The Balaban J connectivity index is 1.37. The third kappa shape index (κ3) is 3.27. The number of halogens is 1. The van der Waals surface area contributed by atoms with Gasteiger partial charge < -0.3 is 4.90 Å². The molecule has 0 spiro atoms. The summed E-state index contributed by atoms with van der Waals surface area (Å²) < 4.78 is 2.00. The lowest BCUT2D eigenvalue weighted by Crippen LogP contribution is -2.47. The van der Waals surface area contributed by atoms with Crippen LogP contribution in [0.15, 0.2) is 12.4 Å². The maximum Gasteiger partial charge on any atom is 0.233 e. The normalized spacial score (nSPS) is 31.0. The van der Waals surface area contributed by atoms with E-state index in [1.807, 2.05) is 22.6 Å². The third-order valence-corrected chi connectivity index (χ3v) is 7.24. The van der Waals surface area contributed by atoms with Gasteiger partial charge in [-0.1, -0.05) is 24.4 Å². The number of carbonyl (C=O) groups excluding carboxylic acids is 1. The fraction of sp³-hybridized carbons (Fsp3) is 0.765. The number of carbonyl (C=O) groups is 1. The van der Waals surface area contributed by atoms with Gasteiger partial charge >= 0.3 is 0 Å². The average molecular weight is 354 g/mol. The summed E-state index contributed by atoms with van der Waals surface area (Å²) in [6.07, 6.45) is 13.2. The quantitative estimate of drug-likeness (QED) is 0.823. The molecule has 6 heteroatoms. The van der Waals surface area contributed by atoms with Gasteiger partial charge in [0.15, 0.2) is 0 Å². The van der Waals surface area contributed by atoms with Gasteiger partial charge in [0.05, 0.1) is 23.0 Å². The number of amides is 1. The second-order valence-electron chi connectivity index (χ2n) is 7.17. The maximum absolute atomic E-state index is 12.7. The van der Waals surface area contributed by atoms with E-state index in [-0.39, 0.29) is 0 Å². The number of thioether (sulfide) groups is 1. The fourth-order valence-corrected chi connectivity index (χ4v) is 5.94. The van der Waals surface area contributed by atoms with Gasteiger partial charge in [-0.05, 0) is 38.5 Å². The number of hydrogen-bond acceptors (Lipinski definition) is 3. The van der Waals surface area contributed by atoms with E-state index < -0.39 is 0 Å². The molecule has 3 fully saturated rings. The predicted molar refractivity (Wildman–Crippen MR) is 93.9 cm³/mol. The fourth-order valence-electron chi connectivity index (χ4n) is 4.60. The zero-order chi connectivity index (χ0) is 15.8. The molecular weight excluding hydrogens is 330 g/mol. The zero-order valence-corrected chi connectivity index (χ0v) is 14.9. The van der Waals surface area contributed by atoms with E-state index >= 15 is 0 Å². The first kappa shape index (κ1) is 15.8. The number of piperidine rings is 1. The van der Waals surface area contributed by atoms with Gasteiger partial charge in [-0.15, -0.1) is 11.8 Å². The van der Waals surface area contributed by atoms with Gasteiger partial charge in [0, 0.05) is 23.5 Å². The highest BCUT2D eigenvalue weighted by Gasteiger charge is 2.43. The van der Waals surface area contributed by atoms with Crippen molar-refractivity contribution in [1.82, 2.24) is 14.7 Å². The summed E-state index contributed by atoms with van der Waals surface area (Å²) in [6, 6.07) is 1.20. The molecule has 0 N–H and O–H groups in total. The lowest BCUT2D eigenvalue weighted by atomic mass is 9.97. The molecular formula is C17H24ClN3OS. The van der Waals surface area contributed by atoms with E-state index in [1.165, 1.54) is 25.7 Å². The van der Waals surface area contributed by atoms with Gasteiger partial charge in [0.2, 0.25) is 5.91 Å². The van der Waals surface area contributed by atoms with Crippen molar-refractivity contribution in [3.63, 3.8) is 0 Å². The van der Waals surface area contributed by atoms with Gasteiger partial charge in [-0.3, -0.25) is 9.48 Å². The Morgan fingerprint density at radius 1 is 1.17 bits per heavy atom. The van der Waals surface area contributed by atoms with E-state index in [0.29, 0.717) is 34.8 Å². The van der Waals surface area contributed by atoms with Crippen molar-refractivity contribution in [2.24, 2.45) is 0 Å². The molecule has 4 nitrogen and oxygen atoms in total. The SMILES string of the molecule is O=C(CSC1CCCC1)N1C2CCC1CC(n1cc(Cl)cn1)C2. The molecule has 2 bridgehead atoms. The summed E-state index contributed by atoms with van der Waals surface area (Å²) in [5.74, 6) is 1.04. The molecule has 1 aromatic rings. The maximum atomic E-state index is 12.7. The van der Waals surface area contributed by atoms with Crippen LogP contribution in [0, 0.1) is 0 Å². The average Bonchev–Trinajstić information content (AvgIpc) is 3.25. The summed E-state index contributed by atoms with van der Waals surface area (Å²) in [6.45, 7) is 0. The van der Waals surface area contributed by atoms with Crippen molar-refractivity contribution in [2.45, 2.75) is 74.7 Å². The molecule has 0 aromatic carbocycles. The van der Waals surface area contributed by atoms with E-state index in [9.17, 15) is 4.79 Å². The second-order valence-corrected chi connectivity index (χ2v) is 8.89. The molecule has 1 aromatic heterocycles. The minimum absolute atomic E-state index is 0.367. The Morgan fingerprint density at radius 2 is 1.87 bits per heavy atom.